The van der Waals surface area contributed by atoms with Gasteiger partial charge >= 0.3 is 0 Å². The molecule has 2 aliphatic rings. The van der Waals surface area contributed by atoms with Crippen LogP contribution in [-0.4, -0.2) is 51.6 Å². The van der Waals surface area contributed by atoms with E-state index in [2.05, 4.69) is 30.2 Å². The zero-order valence-electron chi connectivity index (χ0n) is 16.3. The number of hydrogen-bond acceptors (Lipinski definition) is 7. The summed E-state index contributed by atoms with van der Waals surface area (Å²) in [5.74, 6) is 2.22. The third kappa shape index (κ3) is 4.27. The molecule has 0 aliphatic carbocycles. The Morgan fingerprint density at radius 3 is 2.75 bits per heavy atom. The molecule has 2 fully saturated rings. The summed E-state index contributed by atoms with van der Waals surface area (Å²) in [6.45, 7) is 6.80. The average Bonchev–Trinajstić information content (AvgIpc) is 3.08. The number of carbonyl (C=O) groups is 1. The molecule has 1 N–H and O–H groups in total. The number of anilines is 1. The second kappa shape index (κ2) is 8.18. The van der Waals surface area contributed by atoms with Gasteiger partial charge in [-0.3, -0.25) is 4.79 Å². The summed E-state index contributed by atoms with van der Waals surface area (Å²) in [4.78, 5) is 32.0. The predicted molar refractivity (Wildman–Crippen MR) is 104 cm³/mol. The van der Waals surface area contributed by atoms with E-state index in [1.54, 1.807) is 18.5 Å². The number of carbonyl (C=O) groups excluding carboxylic acids is 1. The van der Waals surface area contributed by atoms with E-state index in [-0.39, 0.29) is 12.0 Å². The zero-order chi connectivity index (χ0) is 19.5. The lowest BCUT2D eigenvalue weighted by molar-refractivity contribution is -0.123. The van der Waals surface area contributed by atoms with E-state index in [9.17, 15) is 4.79 Å². The maximum Gasteiger partial charge on any atom is 0.225 e. The van der Waals surface area contributed by atoms with E-state index >= 15 is 0 Å². The van der Waals surface area contributed by atoms with Crippen LogP contribution in [0.3, 0.4) is 0 Å². The molecular weight excluding hydrogens is 356 g/mol. The molecule has 4 heterocycles. The highest BCUT2D eigenvalue weighted by molar-refractivity contribution is 5.76. The molecule has 8 nitrogen and oxygen atoms in total. The molecular formula is C20H26N6O2. The molecule has 2 aromatic rings. The molecule has 3 atom stereocenters. The van der Waals surface area contributed by atoms with Crippen LogP contribution in [0.25, 0.3) is 0 Å². The minimum Gasteiger partial charge on any atom is -0.377 e. The van der Waals surface area contributed by atoms with E-state index < -0.39 is 0 Å². The van der Waals surface area contributed by atoms with Gasteiger partial charge in [-0.05, 0) is 38.3 Å². The quantitative estimate of drug-likeness (QED) is 0.836. The van der Waals surface area contributed by atoms with E-state index in [4.69, 9.17) is 4.74 Å². The highest BCUT2D eigenvalue weighted by Crippen LogP contribution is 2.36. The van der Waals surface area contributed by atoms with Crippen molar-refractivity contribution in [2.75, 3.05) is 24.6 Å². The van der Waals surface area contributed by atoms with E-state index in [1.165, 1.54) is 0 Å². The summed E-state index contributed by atoms with van der Waals surface area (Å²) in [5.41, 5.74) is 1.98. The maximum absolute atomic E-state index is 12.3. The summed E-state index contributed by atoms with van der Waals surface area (Å²) >= 11 is 0. The Bertz CT molecular complexity index is 810. The average molecular weight is 382 g/mol. The minimum atomic E-state index is -0.0241. The van der Waals surface area contributed by atoms with Crippen molar-refractivity contribution < 1.29 is 9.53 Å². The largest absolute Gasteiger partial charge is 0.377 e. The van der Waals surface area contributed by atoms with Crippen molar-refractivity contribution in [2.24, 2.45) is 11.8 Å². The number of hydrogen-bond donors (Lipinski definition) is 1. The number of nitrogens with zero attached hydrogens (tertiary/aromatic N) is 5. The minimum absolute atomic E-state index is 0.0156. The highest BCUT2D eigenvalue weighted by atomic mass is 16.5. The smallest absolute Gasteiger partial charge is 0.225 e. The van der Waals surface area contributed by atoms with Gasteiger partial charge in [-0.1, -0.05) is 0 Å². The third-order valence-electron chi connectivity index (χ3n) is 5.50. The summed E-state index contributed by atoms with van der Waals surface area (Å²) in [5, 5.41) is 2.89. The standard InChI is InChI=1S/C20H26N6O2/c1-13-8-14(2)25-20(24-13)26-7-4-16-15(11-26)12-28-17(16)9-19(27)23-10-18-21-5-3-6-22-18/h3,5-6,8,15-17H,4,7,9-12H2,1-2H3,(H,23,27)/t15-,16-,17+/m1/s1. The first kappa shape index (κ1) is 18.7. The van der Waals surface area contributed by atoms with Crippen LogP contribution in [0.4, 0.5) is 5.95 Å². The second-order valence-electron chi connectivity index (χ2n) is 7.63. The summed E-state index contributed by atoms with van der Waals surface area (Å²) in [6, 6.07) is 3.75. The first-order chi connectivity index (χ1) is 13.6. The fraction of sp³-hybridized carbons (Fsp3) is 0.550. The van der Waals surface area contributed by atoms with Crippen LogP contribution in [0.5, 0.6) is 0 Å². The molecule has 2 aliphatic heterocycles. The molecule has 2 saturated heterocycles. The molecule has 28 heavy (non-hydrogen) atoms. The first-order valence-corrected chi connectivity index (χ1v) is 9.80. The molecule has 2 aromatic heterocycles. The molecule has 148 valence electrons. The van der Waals surface area contributed by atoms with E-state index in [1.807, 2.05) is 19.9 Å². The number of piperidine rings is 1. The molecule has 0 aromatic carbocycles. The number of aryl methyl sites for hydroxylation is 2. The summed E-state index contributed by atoms with van der Waals surface area (Å²) in [7, 11) is 0. The van der Waals surface area contributed by atoms with Gasteiger partial charge in [0.1, 0.15) is 5.82 Å². The summed E-state index contributed by atoms with van der Waals surface area (Å²) < 4.78 is 5.99. The van der Waals surface area contributed by atoms with Crippen LogP contribution in [0.15, 0.2) is 24.5 Å². The number of nitrogens with one attached hydrogen (secondary N) is 1. The lowest BCUT2D eigenvalue weighted by atomic mass is 9.83. The Kier molecular flexibility index (Phi) is 5.47. The van der Waals surface area contributed by atoms with Crippen LogP contribution in [0.1, 0.15) is 30.1 Å². The molecule has 0 radical (unpaired) electrons. The molecule has 1 amide bonds. The lowest BCUT2D eigenvalue weighted by Gasteiger charge is -2.35. The first-order valence-electron chi connectivity index (χ1n) is 9.80. The number of amides is 1. The Balaban J connectivity index is 1.31. The van der Waals surface area contributed by atoms with Crippen LogP contribution in [-0.2, 0) is 16.1 Å². The van der Waals surface area contributed by atoms with Crippen molar-refractivity contribution in [3.05, 3.63) is 41.7 Å². The molecule has 0 saturated carbocycles. The highest BCUT2D eigenvalue weighted by Gasteiger charge is 2.42. The Hall–Kier alpha value is -2.61. The van der Waals surface area contributed by atoms with Gasteiger partial charge in [-0.2, -0.15) is 0 Å². The van der Waals surface area contributed by atoms with E-state index in [0.717, 1.165) is 36.8 Å². The second-order valence-corrected chi connectivity index (χ2v) is 7.63. The molecule has 0 unspecified atom stereocenters. The van der Waals surface area contributed by atoms with Crippen molar-refractivity contribution >= 4 is 11.9 Å². The van der Waals surface area contributed by atoms with Crippen LogP contribution >= 0.6 is 0 Å². The van der Waals surface area contributed by atoms with Gasteiger partial charge in [0.15, 0.2) is 0 Å². The van der Waals surface area contributed by atoms with Gasteiger partial charge in [0.25, 0.3) is 0 Å². The number of aromatic nitrogens is 4. The maximum atomic E-state index is 12.3. The topological polar surface area (TPSA) is 93.1 Å². The van der Waals surface area contributed by atoms with Gasteiger partial charge in [0.2, 0.25) is 11.9 Å². The van der Waals surface area contributed by atoms with Crippen molar-refractivity contribution in [1.82, 2.24) is 25.3 Å². The van der Waals surface area contributed by atoms with Gasteiger partial charge in [0, 0.05) is 42.8 Å². The Morgan fingerprint density at radius 2 is 2.00 bits per heavy atom. The number of fused-ring (bicyclic) bond motifs is 1. The van der Waals surface area contributed by atoms with Gasteiger partial charge < -0.3 is 15.0 Å². The Labute approximate surface area is 164 Å². The van der Waals surface area contributed by atoms with Crippen molar-refractivity contribution in [1.29, 1.82) is 0 Å². The molecule has 0 spiro atoms. The summed E-state index contributed by atoms with van der Waals surface area (Å²) in [6.07, 6.45) is 4.69. The third-order valence-corrected chi connectivity index (χ3v) is 5.50. The fourth-order valence-corrected chi connectivity index (χ4v) is 4.18. The van der Waals surface area contributed by atoms with Crippen molar-refractivity contribution in [3.63, 3.8) is 0 Å². The van der Waals surface area contributed by atoms with Gasteiger partial charge in [0.05, 0.1) is 25.7 Å². The van der Waals surface area contributed by atoms with Crippen LogP contribution < -0.4 is 10.2 Å². The molecule has 8 heteroatoms. The van der Waals surface area contributed by atoms with Gasteiger partial charge in [-0.25, -0.2) is 19.9 Å². The van der Waals surface area contributed by atoms with Gasteiger partial charge in [-0.15, -0.1) is 0 Å². The van der Waals surface area contributed by atoms with Crippen LogP contribution in [0, 0.1) is 25.7 Å². The van der Waals surface area contributed by atoms with Crippen LogP contribution in [0.2, 0.25) is 0 Å². The van der Waals surface area contributed by atoms with Crippen molar-refractivity contribution in [2.45, 2.75) is 39.3 Å². The van der Waals surface area contributed by atoms with E-state index in [0.29, 0.717) is 37.2 Å². The number of ether oxygens (including phenoxy) is 1. The fourth-order valence-electron chi connectivity index (χ4n) is 4.18. The predicted octanol–water partition coefficient (Wildman–Crippen LogP) is 1.43. The monoisotopic (exact) mass is 382 g/mol. The SMILES string of the molecule is Cc1cc(C)nc(N2CC[C@@H]3[C@@H](CO[C@H]3CC(=O)NCc3ncccn3)C2)n1. The Morgan fingerprint density at radius 1 is 1.25 bits per heavy atom. The zero-order valence-corrected chi connectivity index (χ0v) is 16.3. The lowest BCUT2D eigenvalue weighted by Crippen LogP contribution is -2.43. The number of rotatable bonds is 5. The van der Waals surface area contributed by atoms with Crippen molar-refractivity contribution in [3.8, 4) is 0 Å². The molecule has 0 bridgehead atoms. The normalized spacial score (nSPS) is 24.1. The molecule has 4 rings (SSSR count).